The molecule has 198 valence electrons. The molecule has 3 aliphatic heterocycles. The normalized spacial score (nSPS) is 24.5. The van der Waals surface area contributed by atoms with Gasteiger partial charge < -0.3 is 14.8 Å². The van der Waals surface area contributed by atoms with Gasteiger partial charge in [-0.25, -0.2) is 4.79 Å². The summed E-state index contributed by atoms with van der Waals surface area (Å²) in [5, 5.41) is 3.99. The van der Waals surface area contributed by atoms with Gasteiger partial charge in [-0.2, -0.15) is 11.8 Å². The van der Waals surface area contributed by atoms with Crippen molar-refractivity contribution in [1.29, 1.82) is 0 Å². The number of amides is 1. The number of methoxy groups -OCH3 is 1. The van der Waals surface area contributed by atoms with Gasteiger partial charge >= 0.3 is 6.09 Å². The summed E-state index contributed by atoms with van der Waals surface area (Å²) in [6.45, 7) is 10.4. The Bertz CT molecular complexity index is 1020. The zero-order valence-electron chi connectivity index (χ0n) is 22.6. The first-order valence-electron chi connectivity index (χ1n) is 13.5. The maximum atomic E-state index is 13.0. The molecule has 1 amide bonds. The van der Waals surface area contributed by atoms with Crippen LogP contribution in [0.4, 0.5) is 4.79 Å². The van der Waals surface area contributed by atoms with Gasteiger partial charge in [-0.3, -0.25) is 9.88 Å². The van der Waals surface area contributed by atoms with E-state index in [1.54, 1.807) is 7.11 Å². The summed E-state index contributed by atoms with van der Waals surface area (Å²) in [7, 11) is 1.68. The predicted molar refractivity (Wildman–Crippen MR) is 149 cm³/mol. The van der Waals surface area contributed by atoms with E-state index < -0.39 is 0 Å². The summed E-state index contributed by atoms with van der Waals surface area (Å²) in [6, 6.07) is 8.10. The lowest BCUT2D eigenvalue weighted by Crippen LogP contribution is -2.56. The number of unbranched alkanes of at least 4 members (excludes halogenated alkanes) is 1. The SMILES string of the molecule is CCCCSCCC1CN2CCC1CC2C(OC(=O)NC(C)(C)C)c1ccnc2ccc(OC)cc12. The van der Waals surface area contributed by atoms with Crippen LogP contribution in [0, 0.1) is 11.8 Å². The molecule has 3 aliphatic rings. The van der Waals surface area contributed by atoms with Gasteiger partial charge in [0.1, 0.15) is 11.9 Å². The molecular weight excluding hydrogens is 470 g/mol. The van der Waals surface area contributed by atoms with Crippen molar-refractivity contribution in [3.63, 3.8) is 0 Å². The fraction of sp³-hybridized carbons (Fsp3) is 0.655. The van der Waals surface area contributed by atoms with Crippen LogP contribution in [0.2, 0.25) is 0 Å². The molecule has 0 spiro atoms. The molecule has 36 heavy (non-hydrogen) atoms. The zero-order valence-corrected chi connectivity index (χ0v) is 23.4. The lowest BCUT2D eigenvalue weighted by atomic mass is 9.72. The van der Waals surface area contributed by atoms with Gasteiger partial charge in [0, 0.05) is 29.2 Å². The molecule has 3 saturated heterocycles. The van der Waals surface area contributed by atoms with Crippen LogP contribution in [0.25, 0.3) is 10.9 Å². The molecule has 1 aromatic heterocycles. The highest BCUT2D eigenvalue weighted by atomic mass is 32.2. The van der Waals surface area contributed by atoms with Crippen LogP contribution in [-0.4, -0.2) is 59.3 Å². The second kappa shape index (κ2) is 12.0. The van der Waals surface area contributed by atoms with Crippen LogP contribution in [0.15, 0.2) is 30.5 Å². The molecule has 0 saturated carbocycles. The number of fused-ring (bicyclic) bond motifs is 4. The number of nitrogens with zero attached hydrogens (tertiary/aromatic N) is 2. The van der Waals surface area contributed by atoms with Crippen molar-refractivity contribution in [3.8, 4) is 5.75 Å². The van der Waals surface area contributed by atoms with Gasteiger partial charge in [-0.1, -0.05) is 13.3 Å². The molecule has 1 N–H and O–H groups in total. The molecule has 4 heterocycles. The monoisotopic (exact) mass is 513 g/mol. The second-order valence-corrected chi connectivity index (χ2v) is 12.6. The summed E-state index contributed by atoms with van der Waals surface area (Å²) in [5.41, 5.74) is 1.53. The van der Waals surface area contributed by atoms with E-state index in [1.807, 2.05) is 51.2 Å². The first kappa shape index (κ1) is 27.1. The predicted octanol–water partition coefficient (Wildman–Crippen LogP) is 6.44. The van der Waals surface area contributed by atoms with Crippen LogP contribution in [-0.2, 0) is 4.74 Å². The Labute approximate surface area is 220 Å². The van der Waals surface area contributed by atoms with Crippen molar-refractivity contribution in [1.82, 2.24) is 15.2 Å². The Morgan fingerprint density at radius 3 is 2.81 bits per heavy atom. The van der Waals surface area contributed by atoms with E-state index in [-0.39, 0.29) is 23.8 Å². The smallest absolute Gasteiger partial charge is 0.408 e. The van der Waals surface area contributed by atoms with E-state index >= 15 is 0 Å². The van der Waals surface area contributed by atoms with Crippen LogP contribution in [0.1, 0.15) is 71.5 Å². The lowest BCUT2D eigenvalue weighted by molar-refractivity contribution is -0.0609. The van der Waals surface area contributed by atoms with Crippen molar-refractivity contribution >= 4 is 28.8 Å². The number of pyridine rings is 1. The first-order chi connectivity index (χ1) is 17.3. The van der Waals surface area contributed by atoms with Crippen LogP contribution in [0.5, 0.6) is 5.75 Å². The highest BCUT2D eigenvalue weighted by Crippen LogP contribution is 2.44. The molecule has 2 bridgehead atoms. The van der Waals surface area contributed by atoms with E-state index in [9.17, 15) is 4.79 Å². The third-order valence-corrected chi connectivity index (χ3v) is 8.66. The number of thioether (sulfide) groups is 1. The van der Waals surface area contributed by atoms with Crippen molar-refractivity contribution in [2.75, 3.05) is 31.7 Å². The van der Waals surface area contributed by atoms with E-state index in [1.165, 1.54) is 37.2 Å². The minimum atomic E-state index is -0.369. The molecule has 3 fully saturated rings. The van der Waals surface area contributed by atoms with Gasteiger partial charge in [0.25, 0.3) is 0 Å². The molecule has 5 unspecified atom stereocenters. The number of hydrogen-bond acceptors (Lipinski definition) is 6. The summed E-state index contributed by atoms with van der Waals surface area (Å²) in [5.74, 6) is 4.73. The number of alkyl carbamates (subject to hydrolysis) is 1. The Hall–Kier alpha value is -1.99. The number of hydrogen-bond donors (Lipinski definition) is 1. The molecule has 6 nitrogen and oxygen atoms in total. The largest absolute Gasteiger partial charge is 0.497 e. The van der Waals surface area contributed by atoms with Crippen molar-refractivity contribution in [2.45, 2.75) is 77.5 Å². The fourth-order valence-electron chi connectivity index (χ4n) is 5.73. The Morgan fingerprint density at radius 1 is 1.28 bits per heavy atom. The van der Waals surface area contributed by atoms with E-state index in [0.29, 0.717) is 5.92 Å². The van der Waals surface area contributed by atoms with Gasteiger partial charge in [-0.05, 0) is 101 Å². The number of rotatable bonds is 10. The van der Waals surface area contributed by atoms with Gasteiger partial charge in [0.05, 0.1) is 18.7 Å². The van der Waals surface area contributed by atoms with Gasteiger partial charge in [0.15, 0.2) is 0 Å². The molecule has 5 atom stereocenters. The molecule has 7 heteroatoms. The first-order valence-corrected chi connectivity index (χ1v) is 14.7. The average Bonchev–Trinajstić information content (AvgIpc) is 2.86. The zero-order chi connectivity index (χ0) is 25.7. The third kappa shape index (κ3) is 6.65. The summed E-state index contributed by atoms with van der Waals surface area (Å²) >= 11 is 2.11. The maximum absolute atomic E-state index is 13.0. The molecule has 1 aromatic carbocycles. The lowest BCUT2D eigenvalue weighted by Gasteiger charge is -2.52. The number of aromatic nitrogens is 1. The topological polar surface area (TPSA) is 63.7 Å². The second-order valence-electron chi connectivity index (χ2n) is 11.3. The van der Waals surface area contributed by atoms with Crippen LogP contribution < -0.4 is 10.1 Å². The van der Waals surface area contributed by atoms with Crippen LogP contribution in [0.3, 0.4) is 0 Å². The Morgan fingerprint density at radius 2 is 2.11 bits per heavy atom. The van der Waals surface area contributed by atoms with E-state index in [0.717, 1.165) is 47.6 Å². The summed E-state index contributed by atoms with van der Waals surface area (Å²) in [6.07, 6.45) is 7.27. The molecular formula is C29H43N3O3S. The highest BCUT2D eigenvalue weighted by molar-refractivity contribution is 7.99. The number of benzene rings is 1. The summed E-state index contributed by atoms with van der Waals surface area (Å²) < 4.78 is 11.8. The van der Waals surface area contributed by atoms with Crippen molar-refractivity contribution < 1.29 is 14.3 Å². The van der Waals surface area contributed by atoms with Gasteiger partial charge in [-0.15, -0.1) is 0 Å². The minimum Gasteiger partial charge on any atom is -0.497 e. The maximum Gasteiger partial charge on any atom is 0.408 e. The Kier molecular flexibility index (Phi) is 9.05. The number of carbonyl (C=O) groups excluding carboxylic acids is 1. The molecule has 5 rings (SSSR count). The Balaban J connectivity index is 1.58. The van der Waals surface area contributed by atoms with Gasteiger partial charge in [0.2, 0.25) is 0 Å². The number of ether oxygens (including phenoxy) is 2. The fourth-order valence-corrected chi connectivity index (χ4v) is 6.89. The molecule has 0 radical (unpaired) electrons. The number of piperidine rings is 3. The van der Waals surface area contributed by atoms with E-state index in [4.69, 9.17) is 9.47 Å². The highest BCUT2D eigenvalue weighted by Gasteiger charge is 2.45. The number of nitrogens with one attached hydrogen (secondary N) is 1. The third-order valence-electron chi connectivity index (χ3n) is 7.56. The van der Waals surface area contributed by atoms with Crippen molar-refractivity contribution in [2.24, 2.45) is 11.8 Å². The van der Waals surface area contributed by atoms with Crippen LogP contribution >= 0.6 is 11.8 Å². The minimum absolute atomic E-state index is 0.162. The average molecular weight is 514 g/mol. The standard InChI is InChI=1S/C29H43N3O3S/c1-6-7-15-36-16-12-21-19-32-14-11-20(21)17-26(32)27(35-28(33)31-29(2,3)4)23-10-13-30-25-9-8-22(34-5)18-24(23)25/h8-10,13,18,20-21,26-27H,6-7,11-12,14-17,19H2,1-5H3,(H,31,33). The quantitative estimate of drug-likeness (QED) is 0.369. The molecule has 0 aliphatic carbocycles. The molecule has 2 aromatic rings. The summed E-state index contributed by atoms with van der Waals surface area (Å²) in [4.78, 5) is 20.2. The number of carbonyl (C=O) groups is 1. The van der Waals surface area contributed by atoms with Crippen molar-refractivity contribution in [3.05, 3.63) is 36.0 Å². The van der Waals surface area contributed by atoms with E-state index in [2.05, 4.69) is 33.9 Å².